The molecular formula is C14H13NO3. The summed E-state index contributed by atoms with van der Waals surface area (Å²) in [6.07, 6.45) is 2.44. The van der Waals surface area contributed by atoms with Crippen molar-refractivity contribution in [3.05, 3.63) is 35.5 Å². The zero-order valence-corrected chi connectivity index (χ0v) is 10.1. The second-order valence-electron chi connectivity index (χ2n) is 4.15. The number of cyclic esters (lactones) is 1. The number of benzene rings is 1. The van der Waals surface area contributed by atoms with E-state index in [1.807, 2.05) is 18.2 Å². The lowest BCUT2D eigenvalue weighted by atomic mass is 10.1. The zero-order valence-electron chi connectivity index (χ0n) is 10.1. The molecule has 1 aliphatic heterocycles. The van der Waals surface area contributed by atoms with Crippen molar-refractivity contribution in [2.45, 2.75) is 13.3 Å². The molecule has 0 fully saturated rings. The summed E-state index contributed by atoms with van der Waals surface area (Å²) in [5.41, 5.74) is 2.46. The number of pyridine rings is 1. The monoisotopic (exact) mass is 243 g/mol. The van der Waals surface area contributed by atoms with Crippen LogP contribution in [-0.4, -0.2) is 24.2 Å². The quantitative estimate of drug-likeness (QED) is 0.721. The zero-order chi connectivity index (χ0) is 12.5. The number of nitrogens with zero attached hydrogens (tertiary/aromatic N) is 1. The molecule has 18 heavy (non-hydrogen) atoms. The van der Waals surface area contributed by atoms with E-state index < -0.39 is 0 Å². The van der Waals surface area contributed by atoms with Gasteiger partial charge in [-0.25, -0.2) is 4.79 Å². The van der Waals surface area contributed by atoms with Crippen LogP contribution in [0.4, 0.5) is 0 Å². The van der Waals surface area contributed by atoms with Crippen molar-refractivity contribution in [1.29, 1.82) is 0 Å². The predicted molar refractivity (Wildman–Crippen MR) is 66.9 cm³/mol. The fourth-order valence-electron chi connectivity index (χ4n) is 2.20. The smallest absolute Gasteiger partial charge is 0.343 e. The van der Waals surface area contributed by atoms with E-state index in [1.165, 1.54) is 0 Å². The Morgan fingerprint density at radius 3 is 2.94 bits per heavy atom. The van der Waals surface area contributed by atoms with Crippen LogP contribution in [0.2, 0.25) is 0 Å². The van der Waals surface area contributed by atoms with Gasteiger partial charge in [-0.2, -0.15) is 0 Å². The van der Waals surface area contributed by atoms with Crippen LogP contribution in [0, 0.1) is 0 Å². The minimum absolute atomic E-state index is 0.280. The van der Waals surface area contributed by atoms with Gasteiger partial charge in [0.05, 0.1) is 5.52 Å². The number of aromatic nitrogens is 1. The highest BCUT2D eigenvalue weighted by Gasteiger charge is 2.21. The Kier molecular flexibility index (Phi) is 2.63. The van der Waals surface area contributed by atoms with Crippen molar-refractivity contribution in [2.75, 3.05) is 13.2 Å². The molecule has 0 N–H and O–H groups in total. The molecule has 2 heterocycles. The highest BCUT2D eigenvalue weighted by Crippen LogP contribution is 2.31. The molecule has 0 bridgehead atoms. The fourth-order valence-corrected chi connectivity index (χ4v) is 2.20. The second-order valence-corrected chi connectivity index (χ2v) is 4.15. The molecule has 1 aromatic carbocycles. The van der Waals surface area contributed by atoms with Gasteiger partial charge in [0, 0.05) is 11.6 Å². The standard InChI is InChI=1S/C14H13NO3/c1-2-9-4-3-5-10-12(9)15-8-11-13(10)17-6-7-18-14(11)16/h3-5,8H,2,6-7H2,1H3. The molecule has 4 nitrogen and oxygen atoms in total. The van der Waals surface area contributed by atoms with E-state index in [1.54, 1.807) is 6.20 Å². The van der Waals surface area contributed by atoms with E-state index in [-0.39, 0.29) is 12.6 Å². The van der Waals surface area contributed by atoms with Crippen LogP contribution in [0.1, 0.15) is 22.8 Å². The number of aryl methyl sites for hydroxylation is 1. The molecule has 0 radical (unpaired) electrons. The lowest BCUT2D eigenvalue weighted by Gasteiger charge is -2.10. The van der Waals surface area contributed by atoms with E-state index in [9.17, 15) is 4.79 Å². The number of hydrogen-bond donors (Lipinski definition) is 0. The molecule has 2 aromatic rings. The Balaban J connectivity index is 2.31. The third-order valence-electron chi connectivity index (χ3n) is 3.10. The first-order valence-corrected chi connectivity index (χ1v) is 6.01. The van der Waals surface area contributed by atoms with Gasteiger partial charge in [-0.3, -0.25) is 4.98 Å². The number of rotatable bonds is 1. The van der Waals surface area contributed by atoms with Gasteiger partial charge in [-0.05, 0) is 18.1 Å². The van der Waals surface area contributed by atoms with Gasteiger partial charge in [0.2, 0.25) is 0 Å². The molecule has 0 saturated heterocycles. The highest BCUT2D eigenvalue weighted by atomic mass is 16.6. The summed E-state index contributed by atoms with van der Waals surface area (Å²) in [6, 6.07) is 5.93. The van der Waals surface area contributed by atoms with E-state index in [0.29, 0.717) is 17.9 Å². The van der Waals surface area contributed by atoms with Crippen LogP contribution in [0.25, 0.3) is 10.9 Å². The van der Waals surface area contributed by atoms with Gasteiger partial charge in [0.25, 0.3) is 0 Å². The molecule has 0 saturated carbocycles. The molecular weight excluding hydrogens is 230 g/mol. The number of hydrogen-bond acceptors (Lipinski definition) is 4. The number of carbonyl (C=O) groups excluding carboxylic acids is 1. The largest absolute Gasteiger partial charge is 0.488 e. The van der Waals surface area contributed by atoms with Crippen LogP contribution >= 0.6 is 0 Å². The Morgan fingerprint density at radius 1 is 1.28 bits per heavy atom. The number of para-hydroxylation sites is 1. The second kappa shape index (κ2) is 4.29. The maximum absolute atomic E-state index is 11.8. The number of esters is 1. The molecule has 0 atom stereocenters. The average Bonchev–Trinajstić information content (AvgIpc) is 2.60. The van der Waals surface area contributed by atoms with E-state index >= 15 is 0 Å². The van der Waals surface area contributed by atoms with Crippen molar-refractivity contribution in [1.82, 2.24) is 4.98 Å². The Bertz CT molecular complexity index is 622. The average molecular weight is 243 g/mol. The summed E-state index contributed by atoms with van der Waals surface area (Å²) in [6.45, 7) is 2.74. The molecule has 3 rings (SSSR count). The van der Waals surface area contributed by atoms with Crippen molar-refractivity contribution < 1.29 is 14.3 Å². The highest BCUT2D eigenvalue weighted by molar-refractivity contribution is 6.00. The van der Waals surface area contributed by atoms with Crippen molar-refractivity contribution in [3.63, 3.8) is 0 Å². The summed E-state index contributed by atoms with van der Waals surface area (Å²) in [5.74, 6) is 0.233. The SMILES string of the molecule is CCc1cccc2c3c(cnc12)C(=O)OCCO3. The fraction of sp³-hybridized carbons (Fsp3) is 0.286. The Morgan fingerprint density at radius 2 is 2.11 bits per heavy atom. The van der Waals surface area contributed by atoms with Gasteiger partial charge in [-0.1, -0.05) is 19.1 Å². The lowest BCUT2D eigenvalue weighted by Crippen LogP contribution is -2.05. The van der Waals surface area contributed by atoms with Crippen molar-refractivity contribution in [2.24, 2.45) is 0 Å². The first-order chi connectivity index (χ1) is 8.81. The van der Waals surface area contributed by atoms with Crippen LogP contribution in [-0.2, 0) is 11.2 Å². The molecule has 0 aliphatic carbocycles. The molecule has 0 spiro atoms. The molecule has 4 heteroatoms. The Labute approximate surface area is 105 Å². The molecule has 92 valence electrons. The summed E-state index contributed by atoms with van der Waals surface area (Å²) < 4.78 is 10.7. The van der Waals surface area contributed by atoms with E-state index in [2.05, 4.69) is 11.9 Å². The predicted octanol–water partition coefficient (Wildman–Crippen LogP) is 2.35. The van der Waals surface area contributed by atoms with E-state index in [4.69, 9.17) is 9.47 Å². The van der Waals surface area contributed by atoms with E-state index in [0.717, 1.165) is 22.9 Å². The molecule has 0 amide bonds. The maximum Gasteiger partial charge on any atom is 0.343 e. The molecule has 1 aliphatic rings. The summed E-state index contributed by atoms with van der Waals surface area (Å²) >= 11 is 0. The lowest BCUT2D eigenvalue weighted by molar-refractivity contribution is 0.0492. The minimum atomic E-state index is -0.362. The first-order valence-electron chi connectivity index (χ1n) is 6.01. The maximum atomic E-state index is 11.8. The minimum Gasteiger partial charge on any atom is -0.488 e. The number of ether oxygens (including phenoxy) is 2. The van der Waals surface area contributed by atoms with Gasteiger partial charge >= 0.3 is 5.97 Å². The topological polar surface area (TPSA) is 48.4 Å². The molecule has 0 unspecified atom stereocenters. The third-order valence-corrected chi connectivity index (χ3v) is 3.10. The third kappa shape index (κ3) is 1.61. The van der Waals surface area contributed by atoms with Crippen molar-refractivity contribution >= 4 is 16.9 Å². The number of carbonyl (C=O) groups is 1. The first kappa shape index (κ1) is 11.0. The van der Waals surface area contributed by atoms with Gasteiger partial charge in [0.1, 0.15) is 24.5 Å². The van der Waals surface area contributed by atoms with Crippen molar-refractivity contribution in [3.8, 4) is 5.75 Å². The van der Waals surface area contributed by atoms with Gasteiger partial charge in [0.15, 0.2) is 0 Å². The van der Waals surface area contributed by atoms with Gasteiger partial charge in [-0.15, -0.1) is 0 Å². The van der Waals surface area contributed by atoms with Gasteiger partial charge < -0.3 is 9.47 Å². The normalized spacial score (nSPS) is 14.6. The summed E-state index contributed by atoms with van der Waals surface area (Å²) in [5, 5.41) is 0.880. The Hall–Kier alpha value is -2.10. The van der Waals surface area contributed by atoms with Crippen LogP contribution in [0.15, 0.2) is 24.4 Å². The summed E-state index contributed by atoms with van der Waals surface area (Å²) in [7, 11) is 0. The van der Waals surface area contributed by atoms with Crippen LogP contribution in [0.3, 0.4) is 0 Å². The van der Waals surface area contributed by atoms with Crippen LogP contribution < -0.4 is 4.74 Å². The van der Waals surface area contributed by atoms with Crippen LogP contribution in [0.5, 0.6) is 5.75 Å². The summed E-state index contributed by atoms with van der Waals surface area (Å²) in [4.78, 5) is 16.1. The molecule has 1 aromatic heterocycles. The number of fused-ring (bicyclic) bond motifs is 3.